The first-order chi connectivity index (χ1) is 10.2. The number of amides is 1. The van der Waals surface area contributed by atoms with Gasteiger partial charge in [-0.25, -0.2) is 4.39 Å². The highest BCUT2D eigenvalue weighted by Gasteiger charge is 2.13. The third kappa shape index (κ3) is 4.70. The second-order valence-corrected chi connectivity index (χ2v) is 5.36. The quantitative estimate of drug-likeness (QED) is 0.907. The van der Waals surface area contributed by atoms with Crippen LogP contribution in [0.4, 0.5) is 4.39 Å². The Kier molecular flexibility index (Phi) is 5.99. The van der Waals surface area contributed by atoms with Crippen molar-refractivity contribution in [2.45, 2.75) is 25.7 Å². The molecule has 1 fully saturated rings. The Morgan fingerprint density at radius 1 is 1.29 bits per heavy atom. The van der Waals surface area contributed by atoms with Crippen LogP contribution in [0.15, 0.2) is 18.2 Å². The van der Waals surface area contributed by atoms with Crippen LogP contribution in [-0.2, 0) is 0 Å². The Balaban J connectivity index is 1.81. The summed E-state index contributed by atoms with van der Waals surface area (Å²) >= 11 is 0. The van der Waals surface area contributed by atoms with Crippen LogP contribution in [0.25, 0.3) is 0 Å². The largest absolute Gasteiger partial charge is 0.497 e. The lowest BCUT2D eigenvalue weighted by Gasteiger charge is -2.19. The number of benzene rings is 1. The van der Waals surface area contributed by atoms with Crippen LogP contribution in [0.1, 0.15) is 36.0 Å². The van der Waals surface area contributed by atoms with Gasteiger partial charge in [-0.15, -0.1) is 0 Å². The number of rotatable bonds is 5. The number of nitrogens with one attached hydrogen (secondary N) is 1. The zero-order valence-corrected chi connectivity index (χ0v) is 12.5. The first-order valence-corrected chi connectivity index (χ1v) is 7.55. The lowest BCUT2D eigenvalue weighted by Crippen LogP contribution is -2.35. The van der Waals surface area contributed by atoms with Crippen molar-refractivity contribution in [3.8, 4) is 5.75 Å². The normalized spacial score (nSPS) is 16.3. The maximum Gasteiger partial charge on any atom is 0.254 e. The van der Waals surface area contributed by atoms with E-state index in [4.69, 9.17) is 4.74 Å². The van der Waals surface area contributed by atoms with Crippen LogP contribution in [0.2, 0.25) is 0 Å². The molecule has 0 unspecified atom stereocenters. The minimum Gasteiger partial charge on any atom is -0.497 e. The summed E-state index contributed by atoms with van der Waals surface area (Å²) in [6, 6.07) is 4.27. The van der Waals surface area contributed by atoms with Crippen LogP contribution in [0.3, 0.4) is 0 Å². The van der Waals surface area contributed by atoms with E-state index in [1.165, 1.54) is 44.9 Å². The van der Waals surface area contributed by atoms with Gasteiger partial charge in [0.25, 0.3) is 5.91 Å². The van der Waals surface area contributed by atoms with Gasteiger partial charge in [0.1, 0.15) is 11.6 Å². The Morgan fingerprint density at radius 3 is 2.62 bits per heavy atom. The lowest BCUT2D eigenvalue weighted by atomic mass is 10.2. The summed E-state index contributed by atoms with van der Waals surface area (Å²) in [6.45, 7) is 3.55. The average molecular weight is 294 g/mol. The average Bonchev–Trinajstić information content (AvgIpc) is 2.75. The number of ether oxygens (including phenoxy) is 1. The topological polar surface area (TPSA) is 41.6 Å². The van der Waals surface area contributed by atoms with E-state index in [0.29, 0.717) is 12.3 Å². The molecular formula is C16H23FN2O2. The van der Waals surface area contributed by atoms with Gasteiger partial charge in [0.05, 0.1) is 12.7 Å². The van der Waals surface area contributed by atoms with Crippen molar-refractivity contribution in [3.63, 3.8) is 0 Å². The molecule has 1 aromatic carbocycles. The zero-order valence-electron chi connectivity index (χ0n) is 12.5. The predicted molar refractivity (Wildman–Crippen MR) is 80.2 cm³/mol. The highest BCUT2D eigenvalue weighted by atomic mass is 19.1. The molecule has 0 bridgehead atoms. The highest BCUT2D eigenvalue weighted by molar-refractivity contribution is 5.94. The fourth-order valence-corrected chi connectivity index (χ4v) is 2.59. The lowest BCUT2D eigenvalue weighted by molar-refractivity contribution is 0.0944. The number of carbonyl (C=O) groups is 1. The molecule has 116 valence electrons. The summed E-state index contributed by atoms with van der Waals surface area (Å²) in [5.41, 5.74) is 0.0617. The van der Waals surface area contributed by atoms with E-state index in [1.54, 1.807) is 6.07 Å². The van der Waals surface area contributed by atoms with E-state index in [1.807, 2.05) is 0 Å². The Bertz CT molecular complexity index is 471. The standard InChI is InChI=1S/C16H23FN2O2/c1-21-13-6-7-14(15(17)12-13)16(20)18-8-11-19-9-4-2-3-5-10-19/h6-7,12H,2-5,8-11H2,1H3,(H,18,20). The molecular weight excluding hydrogens is 271 g/mol. The SMILES string of the molecule is COc1ccc(C(=O)NCCN2CCCCCC2)c(F)c1. The minimum absolute atomic E-state index is 0.0617. The number of likely N-dealkylation sites (tertiary alicyclic amines) is 1. The maximum atomic E-state index is 13.8. The van der Waals surface area contributed by atoms with E-state index >= 15 is 0 Å². The summed E-state index contributed by atoms with van der Waals surface area (Å²) in [6.07, 6.45) is 5.03. The van der Waals surface area contributed by atoms with Gasteiger partial charge in [0, 0.05) is 19.2 Å². The van der Waals surface area contributed by atoms with Gasteiger partial charge in [-0.2, -0.15) is 0 Å². The van der Waals surface area contributed by atoms with Crippen LogP contribution in [0, 0.1) is 5.82 Å². The predicted octanol–water partition coefficient (Wildman–Crippen LogP) is 2.44. The number of nitrogens with zero attached hydrogens (tertiary/aromatic N) is 1. The molecule has 21 heavy (non-hydrogen) atoms. The van der Waals surface area contributed by atoms with Gasteiger partial charge in [0.2, 0.25) is 0 Å². The second-order valence-electron chi connectivity index (χ2n) is 5.36. The zero-order chi connectivity index (χ0) is 15.1. The van der Waals surface area contributed by atoms with Crippen molar-refractivity contribution in [3.05, 3.63) is 29.6 Å². The Labute approximate surface area is 125 Å². The monoisotopic (exact) mass is 294 g/mol. The summed E-state index contributed by atoms with van der Waals surface area (Å²) in [4.78, 5) is 14.3. The summed E-state index contributed by atoms with van der Waals surface area (Å²) in [5.74, 6) is -0.514. The fraction of sp³-hybridized carbons (Fsp3) is 0.562. The minimum atomic E-state index is -0.554. The van der Waals surface area contributed by atoms with Crippen LogP contribution in [0.5, 0.6) is 5.75 Å². The van der Waals surface area contributed by atoms with E-state index in [0.717, 1.165) is 19.6 Å². The van der Waals surface area contributed by atoms with Crippen LogP contribution >= 0.6 is 0 Å². The summed E-state index contributed by atoms with van der Waals surface area (Å²) < 4.78 is 18.7. The first kappa shape index (κ1) is 15.8. The van der Waals surface area contributed by atoms with Gasteiger partial charge in [-0.3, -0.25) is 4.79 Å². The third-order valence-electron chi connectivity index (χ3n) is 3.83. The number of methoxy groups -OCH3 is 1. The van der Waals surface area contributed by atoms with E-state index in [-0.39, 0.29) is 11.5 Å². The van der Waals surface area contributed by atoms with E-state index < -0.39 is 5.82 Å². The Morgan fingerprint density at radius 2 is 2.00 bits per heavy atom. The molecule has 0 saturated carbocycles. The van der Waals surface area contributed by atoms with Crippen molar-refractivity contribution in [2.24, 2.45) is 0 Å². The number of hydrogen-bond donors (Lipinski definition) is 1. The third-order valence-corrected chi connectivity index (χ3v) is 3.83. The smallest absolute Gasteiger partial charge is 0.254 e. The van der Waals surface area contributed by atoms with Crippen molar-refractivity contribution >= 4 is 5.91 Å². The van der Waals surface area contributed by atoms with Crippen LogP contribution in [-0.4, -0.2) is 44.1 Å². The molecule has 1 amide bonds. The maximum absolute atomic E-state index is 13.8. The van der Waals surface area contributed by atoms with Gasteiger partial charge < -0.3 is 15.0 Å². The molecule has 1 heterocycles. The molecule has 1 aromatic rings. The van der Waals surface area contributed by atoms with E-state index in [2.05, 4.69) is 10.2 Å². The van der Waals surface area contributed by atoms with Gasteiger partial charge in [-0.05, 0) is 38.1 Å². The highest BCUT2D eigenvalue weighted by Crippen LogP contribution is 2.16. The number of carbonyl (C=O) groups excluding carboxylic acids is 1. The number of hydrogen-bond acceptors (Lipinski definition) is 3. The molecule has 0 aliphatic carbocycles. The van der Waals surface area contributed by atoms with Crippen molar-refractivity contribution in [1.29, 1.82) is 0 Å². The fourth-order valence-electron chi connectivity index (χ4n) is 2.59. The van der Waals surface area contributed by atoms with Gasteiger partial charge in [-0.1, -0.05) is 12.8 Å². The molecule has 2 rings (SSSR count). The molecule has 1 N–H and O–H groups in total. The van der Waals surface area contributed by atoms with Crippen LogP contribution < -0.4 is 10.1 Å². The second kappa shape index (κ2) is 7.98. The summed E-state index contributed by atoms with van der Waals surface area (Å²) in [5, 5.41) is 2.78. The molecule has 4 nitrogen and oxygen atoms in total. The molecule has 5 heteroatoms. The number of halogens is 1. The molecule has 0 atom stereocenters. The molecule has 0 aromatic heterocycles. The molecule has 1 saturated heterocycles. The van der Waals surface area contributed by atoms with Gasteiger partial charge in [0.15, 0.2) is 0 Å². The van der Waals surface area contributed by atoms with E-state index in [9.17, 15) is 9.18 Å². The van der Waals surface area contributed by atoms with Gasteiger partial charge >= 0.3 is 0 Å². The molecule has 1 aliphatic heterocycles. The molecule has 1 aliphatic rings. The van der Waals surface area contributed by atoms with Crippen molar-refractivity contribution < 1.29 is 13.9 Å². The van der Waals surface area contributed by atoms with Crippen molar-refractivity contribution in [1.82, 2.24) is 10.2 Å². The van der Waals surface area contributed by atoms with Crippen molar-refractivity contribution in [2.75, 3.05) is 33.3 Å². The first-order valence-electron chi connectivity index (χ1n) is 7.55. The molecule has 0 radical (unpaired) electrons. The summed E-state index contributed by atoms with van der Waals surface area (Å²) in [7, 11) is 1.47. The molecule has 0 spiro atoms. The Hall–Kier alpha value is -1.62.